The maximum atomic E-state index is 12.6. The Morgan fingerprint density at radius 2 is 2.26 bits per heavy atom. The Morgan fingerprint density at radius 3 is 2.84 bits per heavy atom. The van der Waals surface area contributed by atoms with Crippen LogP contribution in [0.4, 0.5) is 9.70 Å². The molecule has 2 rings (SSSR count). The van der Waals surface area contributed by atoms with Gasteiger partial charge in [-0.15, -0.1) is 3.89 Å². The Morgan fingerprint density at radius 1 is 1.58 bits per heavy atom. The van der Waals surface area contributed by atoms with Crippen LogP contribution in [0.15, 0.2) is 10.8 Å². The second kappa shape index (κ2) is 5.29. The maximum absolute atomic E-state index is 12.6. The zero-order chi connectivity index (χ0) is 14.2. The summed E-state index contributed by atoms with van der Waals surface area (Å²) in [5.41, 5.74) is 0. The van der Waals surface area contributed by atoms with Gasteiger partial charge in [-0.3, -0.25) is 9.69 Å². The fourth-order valence-electron chi connectivity index (χ4n) is 1.90. The number of halogens is 3. The van der Waals surface area contributed by atoms with Gasteiger partial charge in [0.05, 0.1) is 11.9 Å². The van der Waals surface area contributed by atoms with Crippen LogP contribution in [-0.4, -0.2) is 36.6 Å². The van der Waals surface area contributed by atoms with Crippen molar-refractivity contribution in [3.8, 4) is 0 Å². The smallest absolute Gasteiger partial charge is 0.294 e. The molecular formula is C9H8BrClFN3O3S. The van der Waals surface area contributed by atoms with Gasteiger partial charge >= 0.3 is 10.2 Å². The van der Waals surface area contributed by atoms with Gasteiger partial charge in [-0.05, 0) is 15.9 Å². The Labute approximate surface area is 122 Å². The lowest BCUT2D eigenvalue weighted by Crippen LogP contribution is -2.27. The summed E-state index contributed by atoms with van der Waals surface area (Å²) in [5, 5.41) is 0.158. The van der Waals surface area contributed by atoms with Gasteiger partial charge in [0.25, 0.3) is 0 Å². The topological polar surface area (TPSA) is 80.2 Å². The minimum Gasteiger partial charge on any atom is -0.294 e. The van der Waals surface area contributed by atoms with Gasteiger partial charge in [0, 0.05) is 18.9 Å². The Balaban J connectivity index is 2.20. The zero-order valence-corrected chi connectivity index (χ0v) is 12.5. The maximum Gasteiger partial charge on any atom is 0.302 e. The number of rotatable bonds is 3. The quantitative estimate of drug-likeness (QED) is 0.752. The van der Waals surface area contributed by atoms with Gasteiger partial charge in [0.2, 0.25) is 5.91 Å². The highest BCUT2D eigenvalue weighted by molar-refractivity contribution is 9.10. The summed E-state index contributed by atoms with van der Waals surface area (Å²) < 4.78 is 34.1. The van der Waals surface area contributed by atoms with Crippen molar-refractivity contribution in [2.24, 2.45) is 5.92 Å². The SMILES string of the molecule is O=C1CC(CS(=O)(=O)F)CN1c1ncc(Cl)nc1Br. The first-order valence-corrected chi connectivity index (χ1v) is 7.89. The minimum atomic E-state index is -4.60. The number of anilines is 1. The Kier molecular flexibility index (Phi) is 4.07. The molecule has 1 fully saturated rings. The number of carbonyl (C=O) groups is 1. The van der Waals surface area contributed by atoms with E-state index in [1.807, 2.05) is 0 Å². The largest absolute Gasteiger partial charge is 0.302 e. The summed E-state index contributed by atoms with van der Waals surface area (Å²) in [4.78, 5) is 20.9. The molecular weight excluding hydrogens is 365 g/mol. The van der Waals surface area contributed by atoms with Crippen LogP contribution in [0.1, 0.15) is 6.42 Å². The van der Waals surface area contributed by atoms with E-state index in [1.165, 1.54) is 11.1 Å². The van der Waals surface area contributed by atoms with Crippen LogP contribution in [-0.2, 0) is 15.0 Å². The normalized spacial score (nSPS) is 20.1. The number of carbonyl (C=O) groups excluding carboxylic acids is 1. The first-order valence-electron chi connectivity index (χ1n) is 5.17. The summed E-state index contributed by atoms with van der Waals surface area (Å²) >= 11 is 8.76. The van der Waals surface area contributed by atoms with Crippen molar-refractivity contribution in [1.29, 1.82) is 0 Å². The monoisotopic (exact) mass is 371 g/mol. The highest BCUT2D eigenvalue weighted by Crippen LogP contribution is 2.29. The van der Waals surface area contributed by atoms with Crippen LogP contribution in [0.25, 0.3) is 0 Å². The molecule has 19 heavy (non-hydrogen) atoms. The highest BCUT2D eigenvalue weighted by Gasteiger charge is 2.35. The molecule has 0 radical (unpaired) electrons. The lowest BCUT2D eigenvalue weighted by Gasteiger charge is -2.16. The van der Waals surface area contributed by atoms with Crippen LogP contribution >= 0.6 is 27.5 Å². The lowest BCUT2D eigenvalue weighted by molar-refractivity contribution is -0.117. The number of aromatic nitrogens is 2. The van der Waals surface area contributed by atoms with Gasteiger partial charge in [-0.1, -0.05) is 11.6 Å². The third-order valence-electron chi connectivity index (χ3n) is 2.58. The average molecular weight is 373 g/mol. The molecule has 1 unspecified atom stereocenters. The Hall–Kier alpha value is -0.800. The summed E-state index contributed by atoms with van der Waals surface area (Å²) in [6.07, 6.45) is 1.23. The molecule has 0 N–H and O–H groups in total. The zero-order valence-electron chi connectivity index (χ0n) is 9.38. The molecule has 0 spiro atoms. The van der Waals surface area contributed by atoms with Gasteiger partial charge in [-0.2, -0.15) is 8.42 Å². The molecule has 1 aliphatic heterocycles. The molecule has 0 bridgehead atoms. The van der Waals surface area contributed by atoms with Crippen molar-refractivity contribution in [3.05, 3.63) is 16.0 Å². The van der Waals surface area contributed by atoms with E-state index >= 15 is 0 Å². The van der Waals surface area contributed by atoms with Crippen LogP contribution in [0, 0.1) is 5.92 Å². The van der Waals surface area contributed by atoms with Crippen molar-refractivity contribution in [1.82, 2.24) is 9.97 Å². The van der Waals surface area contributed by atoms with Crippen molar-refractivity contribution in [3.63, 3.8) is 0 Å². The van der Waals surface area contributed by atoms with Crippen molar-refractivity contribution >= 4 is 49.5 Å². The second-order valence-electron chi connectivity index (χ2n) is 4.09. The van der Waals surface area contributed by atoms with E-state index < -0.39 is 21.9 Å². The molecule has 0 aromatic carbocycles. The first kappa shape index (κ1) is 14.6. The fourth-order valence-corrected chi connectivity index (χ4v) is 3.43. The number of nitrogens with zero attached hydrogens (tertiary/aromatic N) is 3. The van der Waals surface area contributed by atoms with Crippen molar-refractivity contribution in [2.75, 3.05) is 17.2 Å². The molecule has 1 saturated heterocycles. The van der Waals surface area contributed by atoms with Gasteiger partial charge in [-0.25, -0.2) is 9.97 Å². The standard InChI is InChI=1S/C9H8BrClFN3O3S/c10-8-9(13-2-6(11)14-8)15-3-5(1-7(15)16)4-19(12,17)18/h2,5H,1,3-4H2. The van der Waals surface area contributed by atoms with E-state index in [1.54, 1.807) is 0 Å². The van der Waals surface area contributed by atoms with Crippen LogP contribution in [0.2, 0.25) is 5.15 Å². The molecule has 6 nitrogen and oxygen atoms in total. The summed E-state index contributed by atoms with van der Waals surface area (Å²) in [6, 6.07) is 0. The highest BCUT2D eigenvalue weighted by atomic mass is 79.9. The summed E-state index contributed by atoms with van der Waals surface area (Å²) in [7, 11) is -4.60. The van der Waals surface area contributed by atoms with E-state index in [2.05, 4.69) is 25.9 Å². The molecule has 1 aliphatic rings. The molecule has 104 valence electrons. The van der Waals surface area contributed by atoms with Gasteiger partial charge < -0.3 is 0 Å². The van der Waals surface area contributed by atoms with Crippen LogP contribution in [0.3, 0.4) is 0 Å². The average Bonchev–Trinajstić information content (AvgIpc) is 2.56. The van der Waals surface area contributed by atoms with Gasteiger partial charge in [0.1, 0.15) is 5.15 Å². The van der Waals surface area contributed by atoms with Crippen LogP contribution < -0.4 is 4.90 Å². The molecule has 0 aliphatic carbocycles. The third-order valence-corrected chi connectivity index (χ3v) is 4.16. The van der Waals surface area contributed by atoms with Gasteiger partial charge in [0.15, 0.2) is 10.4 Å². The molecule has 1 aromatic rings. The molecule has 0 saturated carbocycles. The predicted molar refractivity (Wildman–Crippen MR) is 70.1 cm³/mol. The predicted octanol–water partition coefficient (Wildman–Crippen LogP) is 1.54. The third kappa shape index (κ3) is 3.61. The molecule has 10 heteroatoms. The molecule has 1 atom stereocenters. The van der Waals surface area contributed by atoms with Crippen molar-refractivity contribution < 1.29 is 17.1 Å². The van der Waals surface area contributed by atoms with E-state index in [4.69, 9.17) is 11.6 Å². The van der Waals surface area contributed by atoms with E-state index in [0.29, 0.717) is 0 Å². The number of amides is 1. The van der Waals surface area contributed by atoms with E-state index in [9.17, 15) is 17.1 Å². The second-order valence-corrected chi connectivity index (χ2v) is 6.64. The van der Waals surface area contributed by atoms with Crippen LogP contribution in [0.5, 0.6) is 0 Å². The molecule has 1 amide bonds. The van der Waals surface area contributed by atoms with E-state index in [0.717, 1.165) is 0 Å². The lowest BCUT2D eigenvalue weighted by atomic mass is 10.1. The summed E-state index contributed by atoms with van der Waals surface area (Å²) in [5.74, 6) is -1.35. The number of hydrogen-bond donors (Lipinski definition) is 0. The minimum absolute atomic E-state index is 0.0418. The number of hydrogen-bond acceptors (Lipinski definition) is 5. The molecule has 1 aromatic heterocycles. The van der Waals surface area contributed by atoms with Crippen molar-refractivity contribution in [2.45, 2.75) is 6.42 Å². The Bertz CT molecular complexity index is 627. The molecule has 2 heterocycles. The fraction of sp³-hybridized carbons (Fsp3) is 0.444. The summed E-state index contributed by atoms with van der Waals surface area (Å²) in [6.45, 7) is 0.0803. The van der Waals surface area contributed by atoms with E-state index in [-0.39, 0.29) is 34.4 Å². The first-order chi connectivity index (χ1) is 8.76.